The Labute approximate surface area is 116 Å². The molecule has 1 heterocycles. The van der Waals surface area contributed by atoms with Crippen LogP contribution in [0.4, 0.5) is 4.39 Å². The fourth-order valence-corrected chi connectivity index (χ4v) is 2.18. The molecule has 0 unspecified atom stereocenters. The minimum Gasteiger partial charge on any atom is -0.227 e. The number of hydrogen-bond donors (Lipinski definition) is 0. The van der Waals surface area contributed by atoms with Crippen molar-refractivity contribution >= 4 is 45.8 Å². The van der Waals surface area contributed by atoms with Crippen LogP contribution in [0.3, 0.4) is 0 Å². The summed E-state index contributed by atoms with van der Waals surface area (Å²) in [6, 6.07) is 6.78. The van der Waals surface area contributed by atoms with Crippen LogP contribution in [0, 0.1) is 9.52 Å². The Balaban J connectivity index is 2.67. The lowest BCUT2D eigenvalue weighted by molar-refractivity contribution is 0.587. The summed E-state index contributed by atoms with van der Waals surface area (Å²) in [5.74, 6) is -0.551. The molecule has 0 aliphatic heterocycles. The summed E-state index contributed by atoms with van der Waals surface area (Å²) < 4.78 is 14.4. The number of aromatic nitrogens is 1. The largest absolute Gasteiger partial charge is 0.227 e. The van der Waals surface area contributed by atoms with E-state index in [0.717, 1.165) is 3.57 Å². The van der Waals surface area contributed by atoms with Gasteiger partial charge in [0.15, 0.2) is 0 Å². The van der Waals surface area contributed by atoms with Gasteiger partial charge in [0.2, 0.25) is 5.95 Å². The summed E-state index contributed by atoms with van der Waals surface area (Å²) in [4.78, 5) is 3.65. The second-order valence-corrected chi connectivity index (χ2v) is 5.12. The molecule has 0 aliphatic carbocycles. The van der Waals surface area contributed by atoms with Crippen LogP contribution in [0.15, 0.2) is 30.5 Å². The maximum Gasteiger partial charge on any atom is 0.220 e. The molecule has 0 saturated heterocycles. The van der Waals surface area contributed by atoms with Crippen molar-refractivity contribution in [1.29, 1.82) is 0 Å². The SMILES string of the molecule is Fc1ncc(I)cc1-c1cccc(Cl)c1Cl. The van der Waals surface area contributed by atoms with Crippen LogP contribution in [-0.2, 0) is 0 Å². The Morgan fingerprint density at radius 3 is 2.69 bits per heavy atom. The quantitative estimate of drug-likeness (QED) is 0.521. The van der Waals surface area contributed by atoms with E-state index in [1.165, 1.54) is 6.20 Å². The van der Waals surface area contributed by atoms with E-state index in [1.54, 1.807) is 24.3 Å². The average molecular weight is 368 g/mol. The third-order valence-electron chi connectivity index (χ3n) is 2.05. The number of benzene rings is 1. The van der Waals surface area contributed by atoms with Crippen molar-refractivity contribution < 1.29 is 4.39 Å². The van der Waals surface area contributed by atoms with Gasteiger partial charge >= 0.3 is 0 Å². The molecule has 5 heteroatoms. The van der Waals surface area contributed by atoms with E-state index in [9.17, 15) is 4.39 Å². The molecule has 2 aromatic rings. The van der Waals surface area contributed by atoms with Gasteiger partial charge in [0.05, 0.1) is 10.0 Å². The predicted octanol–water partition coefficient (Wildman–Crippen LogP) is 4.80. The molecule has 0 aliphatic rings. The van der Waals surface area contributed by atoms with Crippen molar-refractivity contribution in [3.8, 4) is 11.1 Å². The van der Waals surface area contributed by atoms with Crippen molar-refractivity contribution in [3.63, 3.8) is 0 Å². The predicted molar refractivity (Wildman–Crippen MR) is 72.4 cm³/mol. The zero-order chi connectivity index (χ0) is 11.7. The number of rotatable bonds is 1. The van der Waals surface area contributed by atoms with Crippen LogP contribution >= 0.6 is 45.8 Å². The zero-order valence-electron chi connectivity index (χ0n) is 7.85. The van der Waals surface area contributed by atoms with Gasteiger partial charge in [-0.05, 0) is 34.7 Å². The van der Waals surface area contributed by atoms with Gasteiger partial charge in [0.25, 0.3) is 0 Å². The van der Waals surface area contributed by atoms with Gasteiger partial charge in [-0.25, -0.2) is 4.98 Å². The highest BCUT2D eigenvalue weighted by molar-refractivity contribution is 14.1. The summed E-state index contributed by atoms with van der Waals surface area (Å²) in [6.07, 6.45) is 1.46. The summed E-state index contributed by atoms with van der Waals surface area (Å²) in [6.45, 7) is 0. The molecule has 0 atom stereocenters. The standard InChI is InChI=1S/C11H5Cl2FIN/c12-9-3-1-2-7(10(9)13)8-4-6(15)5-16-11(8)14/h1-5H. The molecule has 0 fully saturated rings. The maximum atomic E-state index is 13.6. The molecule has 16 heavy (non-hydrogen) atoms. The van der Waals surface area contributed by atoms with E-state index in [-0.39, 0.29) is 0 Å². The Morgan fingerprint density at radius 2 is 1.94 bits per heavy atom. The first-order valence-electron chi connectivity index (χ1n) is 4.35. The first-order chi connectivity index (χ1) is 7.59. The van der Waals surface area contributed by atoms with E-state index in [4.69, 9.17) is 23.2 Å². The molecule has 0 spiro atoms. The van der Waals surface area contributed by atoms with Crippen molar-refractivity contribution in [2.75, 3.05) is 0 Å². The van der Waals surface area contributed by atoms with Crippen LogP contribution in [0.1, 0.15) is 0 Å². The minimum absolute atomic E-state index is 0.340. The number of hydrogen-bond acceptors (Lipinski definition) is 1. The Hall–Kier alpha value is -0.390. The van der Waals surface area contributed by atoms with Crippen LogP contribution in [0.2, 0.25) is 10.0 Å². The van der Waals surface area contributed by atoms with E-state index in [2.05, 4.69) is 27.6 Å². The van der Waals surface area contributed by atoms with E-state index >= 15 is 0 Å². The Kier molecular flexibility index (Phi) is 3.66. The highest BCUT2D eigenvalue weighted by Gasteiger charge is 2.12. The van der Waals surface area contributed by atoms with Gasteiger partial charge in [0.1, 0.15) is 0 Å². The van der Waals surface area contributed by atoms with Crippen molar-refractivity contribution in [2.24, 2.45) is 0 Å². The molecular weight excluding hydrogens is 363 g/mol. The van der Waals surface area contributed by atoms with Crippen molar-refractivity contribution in [3.05, 3.63) is 50.0 Å². The zero-order valence-corrected chi connectivity index (χ0v) is 11.5. The van der Waals surface area contributed by atoms with Crippen LogP contribution < -0.4 is 0 Å². The van der Waals surface area contributed by atoms with E-state index in [0.29, 0.717) is 21.2 Å². The number of halogens is 4. The fourth-order valence-electron chi connectivity index (χ4n) is 1.32. The van der Waals surface area contributed by atoms with Crippen LogP contribution in [0.25, 0.3) is 11.1 Å². The van der Waals surface area contributed by atoms with Gasteiger partial charge < -0.3 is 0 Å². The van der Waals surface area contributed by atoms with E-state index in [1.807, 2.05) is 0 Å². The van der Waals surface area contributed by atoms with Crippen LogP contribution in [-0.4, -0.2) is 4.98 Å². The first kappa shape index (κ1) is 12.1. The lowest BCUT2D eigenvalue weighted by Crippen LogP contribution is -1.91. The normalized spacial score (nSPS) is 10.5. The van der Waals surface area contributed by atoms with Gasteiger partial charge in [-0.1, -0.05) is 35.3 Å². The highest BCUT2D eigenvalue weighted by Crippen LogP contribution is 2.34. The summed E-state index contributed by atoms with van der Waals surface area (Å²) in [5, 5.41) is 0.740. The topological polar surface area (TPSA) is 12.9 Å². The monoisotopic (exact) mass is 367 g/mol. The van der Waals surface area contributed by atoms with Crippen molar-refractivity contribution in [1.82, 2.24) is 4.98 Å². The highest BCUT2D eigenvalue weighted by atomic mass is 127. The van der Waals surface area contributed by atoms with Gasteiger partial charge in [-0.15, -0.1) is 0 Å². The second-order valence-electron chi connectivity index (χ2n) is 3.09. The summed E-state index contributed by atoms with van der Waals surface area (Å²) in [5.41, 5.74) is 0.914. The molecule has 0 saturated carbocycles. The van der Waals surface area contributed by atoms with Crippen molar-refractivity contribution in [2.45, 2.75) is 0 Å². The molecule has 1 aromatic heterocycles. The lowest BCUT2D eigenvalue weighted by Gasteiger charge is -2.06. The molecule has 2 rings (SSSR count). The van der Waals surface area contributed by atoms with E-state index < -0.39 is 5.95 Å². The Bertz CT molecular complexity index is 546. The molecule has 0 bridgehead atoms. The molecule has 1 aromatic carbocycles. The maximum absolute atomic E-state index is 13.6. The minimum atomic E-state index is -0.551. The second kappa shape index (κ2) is 4.85. The third-order valence-corrected chi connectivity index (χ3v) is 3.46. The Morgan fingerprint density at radius 1 is 1.19 bits per heavy atom. The first-order valence-corrected chi connectivity index (χ1v) is 6.18. The fraction of sp³-hybridized carbons (Fsp3) is 0. The summed E-state index contributed by atoms with van der Waals surface area (Å²) >= 11 is 14.0. The van der Waals surface area contributed by atoms with Gasteiger partial charge in [0, 0.05) is 20.9 Å². The number of nitrogens with zero attached hydrogens (tertiary/aromatic N) is 1. The lowest BCUT2D eigenvalue weighted by atomic mass is 10.1. The third kappa shape index (κ3) is 2.31. The molecule has 0 amide bonds. The molecule has 0 N–H and O–H groups in total. The smallest absolute Gasteiger partial charge is 0.220 e. The van der Waals surface area contributed by atoms with Gasteiger partial charge in [-0.3, -0.25) is 0 Å². The number of pyridine rings is 1. The average Bonchev–Trinajstić information content (AvgIpc) is 2.26. The van der Waals surface area contributed by atoms with Gasteiger partial charge in [-0.2, -0.15) is 4.39 Å². The molecule has 0 radical (unpaired) electrons. The molecule has 82 valence electrons. The molecule has 1 nitrogen and oxygen atoms in total. The molecular formula is C11H5Cl2FIN. The summed E-state index contributed by atoms with van der Waals surface area (Å²) in [7, 11) is 0. The van der Waals surface area contributed by atoms with Crippen LogP contribution in [0.5, 0.6) is 0 Å².